The number of hydrogen-bond donors (Lipinski definition) is 1. The number of para-hydroxylation sites is 1. The molecule has 1 N–H and O–H groups in total. The summed E-state index contributed by atoms with van der Waals surface area (Å²) in [5, 5.41) is 13.3. The first-order valence-corrected chi connectivity index (χ1v) is 23.8. The number of aromatic nitrogens is 1. The smallest absolute Gasteiger partial charge is 0.159 e. The standard InChI is InChI=1S/C65H42N4O/c1-3-17-41(18-4-1)48-24-11-13-28-53(48)64-66-63(67-65(68-64)54-29-14-12-25-49(54)42-19-5-2-6-20-42)47-33-35-57(55(38-47)46-31-34-52-51-27-15-16-30-60(51)70-61(52)40-46)69-58-36-32-43-21-9-10-26-50(43)62(58)56-37-44-22-7-8-23-45(44)39-59(56)69/h1-40,64H,(H,66,67,68). The van der Waals surface area contributed by atoms with Gasteiger partial charge in [-0.3, -0.25) is 0 Å². The number of rotatable bonds is 7. The van der Waals surface area contributed by atoms with Crippen molar-refractivity contribution in [2.24, 2.45) is 9.98 Å². The number of hydrogen-bond acceptors (Lipinski definition) is 4. The summed E-state index contributed by atoms with van der Waals surface area (Å²) in [4.78, 5) is 11.0. The van der Waals surface area contributed by atoms with Gasteiger partial charge >= 0.3 is 0 Å². The minimum atomic E-state index is -0.448. The van der Waals surface area contributed by atoms with E-state index in [1.54, 1.807) is 0 Å². The lowest BCUT2D eigenvalue weighted by Crippen LogP contribution is -2.34. The molecule has 14 rings (SSSR count). The summed E-state index contributed by atoms with van der Waals surface area (Å²) < 4.78 is 9.05. The van der Waals surface area contributed by atoms with Crippen molar-refractivity contribution < 1.29 is 4.42 Å². The number of benzene rings is 11. The van der Waals surface area contributed by atoms with Crippen molar-refractivity contribution in [1.29, 1.82) is 0 Å². The molecule has 5 heteroatoms. The van der Waals surface area contributed by atoms with Crippen LogP contribution in [0.15, 0.2) is 257 Å². The summed E-state index contributed by atoms with van der Waals surface area (Å²) in [5.41, 5.74) is 14.5. The van der Waals surface area contributed by atoms with Gasteiger partial charge in [-0.2, -0.15) is 0 Å². The molecule has 0 radical (unpaired) electrons. The van der Waals surface area contributed by atoms with Gasteiger partial charge in [0.15, 0.2) is 5.84 Å². The second kappa shape index (κ2) is 16.2. The zero-order valence-electron chi connectivity index (χ0n) is 37.9. The first-order chi connectivity index (χ1) is 34.7. The maximum absolute atomic E-state index is 6.59. The van der Waals surface area contributed by atoms with E-state index in [1.807, 2.05) is 12.1 Å². The molecule has 0 aliphatic carbocycles. The highest BCUT2D eigenvalue weighted by atomic mass is 16.3. The monoisotopic (exact) mass is 894 g/mol. The number of amidine groups is 2. The second-order valence-electron chi connectivity index (χ2n) is 18.1. The Morgan fingerprint density at radius 3 is 1.83 bits per heavy atom. The fourth-order valence-corrected chi connectivity index (χ4v) is 10.8. The van der Waals surface area contributed by atoms with E-state index in [0.717, 1.165) is 94.6 Å². The Labute approximate surface area is 404 Å². The van der Waals surface area contributed by atoms with Crippen LogP contribution in [0.25, 0.3) is 104 Å². The normalized spacial score (nSPS) is 13.9. The first kappa shape index (κ1) is 39.8. The molecule has 0 spiro atoms. The lowest BCUT2D eigenvalue weighted by Gasteiger charge is -2.26. The maximum Gasteiger partial charge on any atom is 0.159 e. The molecule has 2 aromatic heterocycles. The quantitative estimate of drug-likeness (QED) is 0.173. The van der Waals surface area contributed by atoms with E-state index in [9.17, 15) is 0 Å². The molecule has 1 aliphatic heterocycles. The molecular weight excluding hydrogens is 853 g/mol. The third-order valence-electron chi connectivity index (χ3n) is 14.1. The Hall–Kier alpha value is -9.32. The average Bonchev–Trinajstić information content (AvgIpc) is 3.97. The van der Waals surface area contributed by atoms with Crippen LogP contribution in [0.4, 0.5) is 0 Å². The van der Waals surface area contributed by atoms with Crippen LogP contribution in [-0.4, -0.2) is 16.2 Å². The highest BCUT2D eigenvalue weighted by Gasteiger charge is 2.27. The lowest BCUT2D eigenvalue weighted by molar-refractivity contribution is 0.669. The zero-order valence-corrected chi connectivity index (χ0v) is 37.9. The van der Waals surface area contributed by atoms with E-state index in [-0.39, 0.29) is 0 Å². The Morgan fingerprint density at radius 1 is 0.386 bits per heavy atom. The molecule has 0 amide bonds. The third kappa shape index (κ3) is 6.55. The molecular formula is C65H42N4O. The van der Waals surface area contributed by atoms with Gasteiger partial charge in [0.2, 0.25) is 0 Å². The van der Waals surface area contributed by atoms with Gasteiger partial charge in [-0.1, -0.05) is 188 Å². The molecule has 1 atom stereocenters. The predicted octanol–water partition coefficient (Wildman–Crippen LogP) is 16.5. The molecule has 0 bridgehead atoms. The lowest BCUT2D eigenvalue weighted by atomic mass is 9.95. The van der Waals surface area contributed by atoms with Gasteiger partial charge < -0.3 is 14.3 Å². The fraction of sp³-hybridized carbons (Fsp3) is 0.0154. The Balaban J connectivity index is 1.04. The summed E-state index contributed by atoms with van der Waals surface area (Å²) >= 11 is 0. The summed E-state index contributed by atoms with van der Waals surface area (Å²) in [6.07, 6.45) is -0.448. The number of nitrogens with zero attached hydrogens (tertiary/aromatic N) is 3. The number of aliphatic imine (C=N–C) groups is 2. The van der Waals surface area contributed by atoms with Crippen LogP contribution >= 0.6 is 0 Å². The van der Waals surface area contributed by atoms with Crippen LogP contribution in [-0.2, 0) is 0 Å². The van der Waals surface area contributed by atoms with E-state index < -0.39 is 6.17 Å². The van der Waals surface area contributed by atoms with Crippen LogP contribution < -0.4 is 5.32 Å². The first-order valence-electron chi connectivity index (χ1n) is 23.8. The Morgan fingerprint density at radius 2 is 1.01 bits per heavy atom. The molecule has 1 unspecified atom stereocenters. The Kier molecular flexibility index (Phi) is 9.20. The average molecular weight is 895 g/mol. The van der Waals surface area contributed by atoms with Crippen molar-refractivity contribution in [3.05, 3.63) is 259 Å². The van der Waals surface area contributed by atoms with Crippen LogP contribution in [0.5, 0.6) is 0 Å². The van der Waals surface area contributed by atoms with Crippen molar-refractivity contribution in [2.45, 2.75) is 6.17 Å². The number of fused-ring (bicyclic) bond motifs is 9. The van der Waals surface area contributed by atoms with Crippen LogP contribution in [0.1, 0.15) is 22.9 Å². The molecule has 3 heterocycles. The molecule has 5 nitrogen and oxygen atoms in total. The summed E-state index contributed by atoms with van der Waals surface area (Å²) in [6.45, 7) is 0. The van der Waals surface area contributed by atoms with Crippen LogP contribution in [0, 0.1) is 0 Å². The van der Waals surface area contributed by atoms with Gasteiger partial charge in [-0.05, 0) is 104 Å². The topological polar surface area (TPSA) is 54.8 Å². The molecule has 328 valence electrons. The minimum Gasteiger partial charge on any atom is -0.456 e. The van der Waals surface area contributed by atoms with E-state index in [4.69, 9.17) is 14.4 Å². The molecule has 70 heavy (non-hydrogen) atoms. The largest absolute Gasteiger partial charge is 0.456 e. The van der Waals surface area contributed by atoms with E-state index in [1.165, 1.54) is 32.3 Å². The zero-order chi connectivity index (χ0) is 46.1. The molecule has 11 aromatic carbocycles. The molecule has 0 saturated heterocycles. The van der Waals surface area contributed by atoms with Crippen LogP contribution in [0.3, 0.4) is 0 Å². The highest BCUT2D eigenvalue weighted by Crippen LogP contribution is 2.43. The minimum absolute atomic E-state index is 0.448. The Bertz CT molecular complexity index is 4280. The van der Waals surface area contributed by atoms with Crippen LogP contribution in [0.2, 0.25) is 0 Å². The van der Waals surface area contributed by atoms with E-state index in [0.29, 0.717) is 5.84 Å². The van der Waals surface area contributed by atoms with Crippen molar-refractivity contribution in [1.82, 2.24) is 9.88 Å². The molecule has 1 aliphatic rings. The van der Waals surface area contributed by atoms with Gasteiger partial charge in [0.1, 0.15) is 23.2 Å². The fourth-order valence-electron chi connectivity index (χ4n) is 10.8. The van der Waals surface area contributed by atoms with E-state index >= 15 is 0 Å². The summed E-state index contributed by atoms with van der Waals surface area (Å²) in [7, 11) is 0. The highest BCUT2D eigenvalue weighted by molar-refractivity contribution is 6.24. The van der Waals surface area contributed by atoms with Crippen molar-refractivity contribution >= 4 is 77.0 Å². The molecule has 0 fully saturated rings. The van der Waals surface area contributed by atoms with Crippen molar-refractivity contribution in [3.8, 4) is 39.1 Å². The van der Waals surface area contributed by atoms with Gasteiger partial charge in [-0.15, -0.1) is 0 Å². The predicted molar refractivity (Wildman–Crippen MR) is 291 cm³/mol. The van der Waals surface area contributed by atoms with Gasteiger partial charge in [0.05, 0.1) is 16.7 Å². The summed E-state index contributed by atoms with van der Waals surface area (Å²) in [5.74, 6) is 1.40. The number of nitrogens with one attached hydrogen (secondary N) is 1. The second-order valence-corrected chi connectivity index (χ2v) is 18.1. The third-order valence-corrected chi connectivity index (χ3v) is 14.1. The SMILES string of the molecule is c1ccc(-c2ccccc2C2=NC(c3ccc(-n4c5cc6ccccc6cc5c5c6ccccc6ccc54)c(-c4ccc5c(c4)oc4ccccc45)c3)=NC(c3ccccc3-c3ccccc3)N2)cc1. The molecule has 13 aromatic rings. The summed E-state index contributed by atoms with van der Waals surface area (Å²) in [6, 6.07) is 86.5. The van der Waals surface area contributed by atoms with Crippen molar-refractivity contribution in [3.63, 3.8) is 0 Å². The molecule has 0 saturated carbocycles. The van der Waals surface area contributed by atoms with Gasteiger partial charge in [0, 0.05) is 43.8 Å². The van der Waals surface area contributed by atoms with Crippen molar-refractivity contribution in [2.75, 3.05) is 0 Å². The van der Waals surface area contributed by atoms with Gasteiger partial charge in [-0.25, -0.2) is 9.98 Å². The van der Waals surface area contributed by atoms with E-state index in [2.05, 4.69) is 240 Å². The number of furan rings is 1. The van der Waals surface area contributed by atoms with Gasteiger partial charge in [0.25, 0.3) is 0 Å². The maximum atomic E-state index is 6.59.